The van der Waals surface area contributed by atoms with Crippen molar-refractivity contribution in [3.8, 4) is 0 Å². The average molecular weight is 200 g/mol. The molecule has 1 unspecified atom stereocenters. The fraction of sp³-hybridized carbons (Fsp3) is 1.00. The molecule has 0 radical (unpaired) electrons. The number of rotatable bonds is 4. The van der Waals surface area contributed by atoms with Gasteiger partial charge in [0.25, 0.3) is 0 Å². The van der Waals surface area contributed by atoms with E-state index in [9.17, 15) is 5.11 Å². The molecule has 1 saturated heterocycles. The largest absolute Gasteiger partial charge is 0.389 e. The first-order valence-corrected chi connectivity index (χ1v) is 5.69. The van der Waals surface area contributed by atoms with E-state index in [1.807, 2.05) is 13.8 Å². The molecule has 0 aromatic heterocycles. The first-order valence-electron chi connectivity index (χ1n) is 5.69. The zero-order chi connectivity index (χ0) is 10.6. The van der Waals surface area contributed by atoms with Gasteiger partial charge in [-0.25, -0.2) is 0 Å². The van der Waals surface area contributed by atoms with Crippen molar-refractivity contribution in [2.75, 3.05) is 19.6 Å². The highest BCUT2D eigenvalue weighted by molar-refractivity contribution is 4.81. The smallest absolute Gasteiger partial charge is 0.0718 e. The summed E-state index contributed by atoms with van der Waals surface area (Å²) in [6.07, 6.45) is 4.88. The summed E-state index contributed by atoms with van der Waals surface area (Å²) in [4.78, 5) is 2.40. The van der Waals surface area contributed by atoms with Gasteiger partial charge in [0.1, 0.15) is 0 Å². The third kappa shape index (κ3) is 3.95. The summed E-state index contributed by atoms with van der Waals surface area (Å²) in [6, 6.07) is 0.597. The predicted octanol–water partition coefficient (Wildman–Crippen LogP) is 0.961. The number of nitrogens with zero attached hydrogens (tertiary/aromatic N) is 1. The van der Waals surface area contributed by atoms with E-state index in [0.717, 1.165) is 26.1 Å². The van der Waals surface area contributed by atoms with Crippen molar-refractivity contribution in [1.82, 2.24) is 4.90 Å². The van der Waals surface area contributed by atoms with Crippen LogP contribution < -0.4 is 5.73 Å². The van der Waals surface area contributed by atoms with Crippen molar-refractivity contribution in [1.29, 1.82) is 0 Å². The lowest BCUT2D eigenvalue weighted by molar-refractivity contribution is 0.00871. The highest BCUT2D eigenvalue weighted by atomic mass is 16.3. The highest BCUT2D eigenvalue weighted by Crippen LogP contribution is 2.21. The first kappa shape index (κ1) is 12.0. The van der Waals surface area contributed by atoms with Crippen LogP contribution in [0.3, 0.4) is 0 Å². The third-order valence-electron chi connectivity index (χ3n) is 2.84. The minimum atomic E-state index is -0.579. The Bertz CT molecular complexity index is 163. The monoisotopic (exact) mass is 200 g/mol. The topological polar surface area (TPSA) is 49.5 Å². The Kier molecular flexibility index (Phi) is 4.35. The van der Waals surface area contributed by atoms with Crippen LogP contribution in [0.15, 0.2) is 0 Å². The van der Waals surface area contributed by atoms with Crippen LogP contribution in [0.2, 0.25) is 0 Å². The van der Waals surface area contributed by atoms with Gasteiger partial charge in [0, 0.05) is 12.6 Å². The molecule has 14 heavy (non-hydrogen) atoms. The van der Waals surface area contributed by atoms with Crippen molar-refractivity contribution in [3.63, 3.8) is 0 Å². The molecule has 0 saturated carbocycles. The normalized spacial score (nSPS) is 25.3. The van der Waals surface area contributed by atoms with Gasteiger partial charge in [-0.3, -0.25) is 4.90 Å². The summed E-state index contributed by atoms with van der Waals surface area (Å²) in [5.41, 5.74) is 5.02. The lowest BCUT2D eigenvalue weighted by Crippen LogP contribution is -2.47. The number of likely N-dealkylation sites (tertiary alicyclic amines) is 1. The average Bonchev–Trinajstić information content (AvgIpc) is 2.06. The van der Waals surface area contributed by atoms with Crippen molar-refractivity contribution in [3.05, 3.63) is 0 Å². The van der Waals surface area contributed by atoms with E-state index in [-0.39, 0.29) is 0 Å². The molecule has 84 valence electrons. The number of aliphatic hydroxyl groups is 1. The Hall–Kier alpha value is -0.120. The molecule has 0 bridgehead atoms. The molecule has 0 amide bonds. The second kappa shape index (κ2) is 5.10. The maximum atomic E-state index is 9.78. The molecule has 0 aliphatic carbocycles. The molecule has 1 aliphatic heterocycles. The molecule has 1 fully saturated rings. The molecule has 1 atom stereocenters. The van der Waals surface area contributed by atoms with Crippen molar-refractivity contribution >= 4 is 0 Å². The maximum Gasteiger partial charge on any atom is 0.0718 e. The van der Waals surface area contributed by atoms with E-state index < -0.39 is 5.60 Å². The van der Waals surface area contributed by atoms with Crippen molar-refractivity contribution < 1.29 is 5.11 Å². The van der Waals surface area contributed by atoms with Crippen molar-refractivity contribution in [2.24, 2.45) is 5.73 Å². The molecular formula is C11H24N2O. The van der Waals surface area contributed by atoms with Crippen LogP contribution in [0, 0.1) is 0 Å². The highest BCUT2D eigenvalue weighted by Gasteiger charge is 2.26. The van der Waals surface area contributed by atoms with Gasteiger partial charge < -0.3 is 10.8 Å². The van der Waals surface area contributed by atoms with Gasteiger partial charge in [-0.15, -0.1) is 0 Å². The number of piperidine rings is 1. The lowest BCUT2D eigenvalue weighted by Gasteiger charge is -2.38. The standard InChI is InChI=1S/C11H24N2O/c1-11(2,14)9-13-8-4-3-5-10(13)6-7-12/h10,14H,3-9,12H2,1-2H3. The van der Waals surface area contributed by atoms with E-state index in [1.165, 1.54) is 19.3 Å². The van der Waals surface area contributed by atoms with Gasteiger partial charge in [-0.2, -0.15) is 0 Å². The molecule has 0 spiro atoms. The summed E-state index contributed by atoms with van der Waals surface area (Å²) in [7, 11) is 0. The second-order valence-corrected chi connectivity index (χ2v) is 5.01. The fourth-order valence-corrected chi connectivity index (χ4v) is 2.28. The van der Waals surface area contributed by atoms with Crippen LogP contribution in [-0.4, -0.2) is 41.3 Å². The van der Waals surface area contributed by atoms with Crippen molar-refractivity contribution in [2.45, 2.75) is 51.2 Å². The minimum absolute atomic E-state index is 0.579. The lowest BCUT2D eigenvalue weighted by atomic mass is 9.97. The fourth-order valence-electron chi connectivity index (χ4n) is 2.28. The Balaban J connectivity index is 2.45. The summed E-state index contributed by atoms with van der Waals surface area (Å²) < 4.78 is 0. The SMILES string of the molecule is CC(C)(O)CN1CCCCC1CCN. The van der Waals surface area contributed by atoms with Gasteiger partial charge in [0.05, 0.1) is 5.60 Å². The molecule has 3 heteroatoms. The molecule has 0 aromatic rings. The number of nitrogens with two attached hydrogens (primary N) is 1. The summed E-state index contributed by atoms with van der Waals surface area (Å²) in [6.45, 7) is 6.40. The zero-order valence-electron chi connectivity index (χ0n) is 9.50. The molecule has 0 aromatic carbocycles. The van der Waals surface area contributed by atoms with E-state index in [0.29, 0.717) is 6.04 Å². The zero-order valence-corrected chi connectivity index (χ0v) is 9.50. The maximum absolute atomic E-state index is 9.78. The van der Waals surface area contributed by atoms with Gasteiger partial charge in [-0.1, -0.05) is 6.42 Å². The Labute approximate surface area is 87.3 Å². The predicted molar refractivity (Wildman–Crippen MR) is 59.2 cm³/mol. The molecule has 1 rings (SSSR count). The number of β-amino-alcohol motifs (C(OH)–C–C–N with tert-alkyl or cyclic N) is 1. The van der Waals surface area contributed by atoms with Gasteiger partial charge >= 0.3 is 0 Å². The quantitative estimate of drug-likeness (QED) is 0.710. The van der Waals surface area contributed by atoms with Gasteiger partial charge in [-0.05, 0) is 46.2 Å². The van der Waals surface area contributed by atoms with Crippen LogP contribution >= 0.6 is 0 Å². The third-order valence-corrected chi connectivity index (χ3v) is 2.84. The Morgan fingerprint density at radius 2 is 2.14 bits per heavy atom. The van der Waals surface area contributed by atoms with E-state index in [2.05, 4.69) is 4.90 Å². The molecule has 1 aliphatic rings. The summed E-state index contributed by atoms with van der Waals surface area (Å²) >= 11 is 0. The number of hydrogen-bond acceptors (Lipinski definition) is 3. The second-order valence-electron chi connectivity index (χ2n) is 5.01. The Morgan fingerprint density at radius 1 is 1.43 bits per heavy atom. The van der Waals surface area contributed by atoms with Gasteiger partial charge in [0.2, 0.25) is 0 Å². The Morgan fingerprint density at radius 3 is 2.71 bits per heavy atom. The van der Waals surface area contributed by atoms with Gasteiger partial charge in [0.15, 0.2) is 0 Å². The first-order chi connectivity index (χ1) is 6.53. The van der Waals surface area contributed by atoms with Crippen LogP contribution in [0.25, 0.3) is 0 Å². The van der Waals surface area contributed by atoms with Crippen LogP contribution in [-0.2, 0) is 0 Å². The molecular weight excluding hydrogens is 176 g/mol. The van der Waals surface area contributed by atoms with E-state index in [4.69, 9.17) is 5.73 Å². The van der Waals surface area contributed by atoms with E-state index >= 15 is 0 Å². The van der Waals surface area contributed by atoms with E-state index in [1.54, 1.807) is 0 Å². The molecule has 3 nitrogen and oxygen atoms in total. The summed E-state index contributed by atoms with van der Waals surface area (Å²) in [5.74, 6) is 0. The van der Waals surface area contributed by atoms with Crippen LogP contribution in [0.5, 0.6) is 0 Å². The number of hydrogen-bond donors (Lipinski definition) is 2. The molecule has 3 N–H and O–H groups in total. The minimum Gasteiger partial charge on any atom is -0.389 e. The summed E-state index contributed by atoms with van der Waals surface area (Å²) in [5, 5.41) is 9.78. The van der Waals surface area contributed by atoms with Crippen LogP contribution in [0.1, 0.15) is 39.5 Å². The van der Waals surface area contributed by atoms with Crippen LogP contribution in [0.4, 0.5) is 0 Å². The molecule has 1 heterocycles.